The van der Waals surface area contributed by atoms with Crippen LogP contribution in [0.25, 0.3) is 0 Å². The van der Waals surface area contributed by atoms with Crippen LogP contribution in [-0.2, 0) is 4.79 Å². The van der Waals surface area contributed by atoms with Crippen LogP contribution in [0.1, 0.15) is 88.8 Å². The second kappa shape index (κ2) is 10.6. The summed E-state index contributed by atoms with van der Waals surface area (Å²) >= 11 is 0. The summed E-state index contributed by atoms with van der Waals surface area (Å²) in [7, 11) is -1.34. The number of carbonyl (C=O) groups excluding carboxylic acids is 1. The highest BCUT2D eigenvalue weighted by atomic mass is 31.2. The zero-order chi connectivity index (χ0) is 21.5. The largest absolute Gasteiger partial charge is 0.322 e. The van der Waals surface area contributed by atoms with Crippen LogP contribution in [0.4, 0.5) is 5.69 Å². The van der Waals surface area contributed by atoms with Crippen LogP contribution in [0.2, 0.25) is 0 Å². The molecule has 3 nitrogen and oxygen atoms in total. The van der Waals surface area contributed by atoms with Gasteiger partial charge in [-0.3, -0.25) is 4.79 Å². The molecule has 160 valence electrons. The third kappa shape index (κ3) is 5.21. The Labute approximate surface area is 179 Å². The highest BCUT2D eigenvalue weighted by Crippen LogP contribution is 2.79. The molecular formula is C25H40N2OP+. The van der Waals surface area contributed by atoms with Gasteiger partial charge in [0.25, 0.3) is 5.91 Å². The van der Waals surface area contributed by atoms with Crippen LogP contribution in [0.15, 0.2) is 12.1 Å². The molecule has 1 saturated carbocycles. The minimum atomic E-state index is -1.34. The van der Waals surface area contributed by atoms with Crippen molar-refractivity contribution in [3.8, 4) is 6.07 Å². The number of nitrogens with zero attached hydrogens (tertiary/aromatic N) is 1. The van der Waals surface area contributed by atoms with E-state index in [0.29, 0.717) is 5.56 Å². The van der Waals surface area contributed by atoms with Crippen LogP contribution >= 0.6 is 7.26 Å². The topological polar surface area (TPSA) is 52.9 Å². The molecule has 1 amide bonds. The molecule has 1 fully saturated rings. The molecule has 0 aromatic heterocycles. The Hall–Kier alpha value is -1.39. The van der Waals surface area contributed by atoms with Crippen molar-refractivity contribution in [2.24, 2.45) is 0 Å². The fourth-order valence-electron chi connectivity index (χ4n) is 4.85. The number of nitriles is 1. The molecule has 29 heavy (non-hydrogen) atoms. The molecule has 1 aliphatic carbocycles. The molecule has 1 N–H and O–H groups in total. The normalized spacial score (nSPS) is 15.0. The first-order valence-electron chi connectivity index (χ1n) is 11.6. The summed E-state index contributed by atoms with van der Waals surface area (Å²) in [5, 5.41) is 12.5. The van der Waals surface area contributed by atoms with E-state index in [1.165, 1.54) is 57.0 Å². The van der Waals surface area contributed by atoms with E-state index in [1.807, 2.05) is 26.0 Å². The van der Waals surface area contributed by atoms with E-state index >= 15 is 0 Å². The maximum absolute atomic E-state index is 13.7. The maximum atomic E-state index is 13.7. The van der Waals surface area contributed by atoms with E-state index in [9.17, 15) is 10.1 Å². The van der Waals surface area contributed by atoms with Crippen molar-refractivity contribution in [1.82, 2.24) is 0 Å². The Morgan fingerprint density at radius 2 is 1.45 bits per heavy atom. The van der Waals surface area contributed by atoms with E-state index in [1.54, 1.807) is 0 Å². The highest BCUT2D eigenvalue weighted by Gasteiger charge is 2.69. The van der Waals surface area contributed by atoms with Gasteiger partial charge >= 0.3 is 0 Å². The Morgan fingerprint density at radius 3 is 1.79 bits per heavy atom. The van der Waals surface area contributed by atoms with E-state index in [-0.39, 0.29) is 11.1 Å². The van der Waals surface area contributed by atoms with Crippen molar-refractivity contribution in [3.63, 3.8) is 0 Å². The Kier molecular flexibility index (Phi) is 8.72. The average Bonchev–Trinajstić information content (AvgIpc) is 3.52. The molecule has 0 aliphatic heterocycles. The van der Waals surface area contributed by atoms with Gasteiger partial charge in [-0.15, -0.1) is 0 Å². The summed E-state index contributed by atoms with van der Waals surface area (Å²) < 4.78 is 0. The minimum Gasteiger partial charge on any atom is -0.322 e. The van der Waals surface area contributed by atoms with Gasteiger partial charge in [-0.1, -0.05) is 40.0 Å². The Bertz CT molecular complexity index is 701. The number of rotatable bonds is 12. The second-order valence-corrected chi connectivity index (χ2v) is 13.4. The van der Waals surface area contributed by atoms with Gasteiger partial charge in [0, 0.05) is 25.8 Å². The van der Waals surface area contributed by atoms with Gasteiger partial charge in [0.1, 0.15) is 0 Å². The molecule has 0 saturated heterocycles. The lowest BCUT2D eigenvalue weighted by molar-refractivity contribution is -0.116. The molecule has 1 aliphatic rings. The first kappa shape index (κ1) is 23.9. The van der Waals surface area contributed by atoms with Crippen molar-refractivity contribution < 1.29 is 4.79 Å². The lowest BCUT2D eigenvalue weighted by Gasteiger charge is -2.35. The van der Waals surface area contributed by atoms with Gasteiger partial charge in [-0.2, -0.15) is 5.26 Å². The van der Waals surface area contributed by atoms with Gasteiger partial charge in [0.2, 0.25) is 0 Å². The van der Waals surface area contributed by atoms with Crippen LogP contribution in [0, 0.1) is 25.2 Å². The maximum Gasteiger partial charge on any atom is 0.268 e. The standard InChI is InChI=1S/C25H39N2OP/c1-6-9-14-29(15-10-7-2,16-11-8-3)25(12-13-25)24(28)27-23-20(4)17-22(19-26)18-21(23)5/h17-18H,6-16H2,1-5H3/p+1. The van der Waals surface area contributed by atoms with Crippen LogP contribution in [0.3, 0.4) is 0 Å². The number of anilines is 1. The lowest BCUT2D eigenvalue weighted by atomic mass is 10.0. The van der Waals surface area contributed by atoms with E-state index < -0.39 is 7.26 Å². The number of benzene rings is 1. The summed E-state index contributed by atoms with van der Waals surface area (Å²) in [5.41, 5.74) is 3.56. The number of unbranched alkanes of at least 4 members (excludes halogenated alkanes) is 3. The number of carbonyl (C=O) groups is 1. The third-order valence-corrected chi connectivity index (χ3v) is 12.8. The van der Waals surface area contributed by atoms with Crippen molar-refractivity contribution >= 4 is 18.9 Å². The van der Waals surface area contributed by atoms with E-state index in [4.69, 9.17) is 0 Å². The fraction of sp³-hybridized carbons (Fsp3) is 0.680. The quantitative estimate of drug-likeness (QED) is 0.371. The van der Waals surface area contributed by atoms with Crippen molar-refractivity contribution in [3.05, 3.63) is 28.8 Å². The average molecular weight is 416 g/mol. The molecule has 0 radical (unpaired) electrons. The minimum absolute atomic E-state index is 0.0979. The van der Waals surface area contributed by atoms with Gasteiger partial charge in [0.05, 0.1) is 30.1 Å². The lowest BCUT2D eigenvalue weighted by Crippen LogP contribution is -2.36. The number of amides is 1. The molecule has 0 heterocycles. The Balaban J connectivity index is 2.35. The summed E-state index contributed by atoms with van der Waals surface area (Å²) in [6, 6.07) is 5.99. The number of hydrogen-bond donors (Lipinski definition) is 1. The highest BCUT2D eigenvalue weighted by molar-refractivity contribution is 7.78. The number of nitrogens with one attached hydrogen (secondary N) is 1. The zero-order valence-corrected chi connectivity index (χ0v) is 20.1. The molecule has 0 atom stereocenters. The molecule has 1 aromatic rings. The summed E-state index contributed by atoms with van der Waals surface area (Å²) in [6.45, 7) is 10.8. The predicted molar refractivity (Wildman–Crippen MR) is 127 cm³/mol. The molecular weight excluding hydrogens is 375 g/mol. The van der Waals surface area contributed by atoms with Gasteiger partial charge in [-0.25, -0.2) is 0 Å². The van der Waals surface area contributed by atoms with Crippen molar-refractivity contribution in [1.29, 1.82) is 5.26 Å². The second-order valence-electron chi connectivity index (χ2n) is 8.96. The SMILES string of the molecule is CCCC[P+](CCCC)(CCCC)C1(C(=O)Nc2c(C)cc(C#N)cc2C)CC1. The van der Waals surface area contributed by atoms with Crippen molar-refractivity contribution in [2.75, 3.05) is 23.8 Å². The molecule has 2 rings (SSSR count). The van der Waals surface area contributed by atoms with Gasteiger partial charge in [0.15, 0.2) is 5.16 Å². The van der Waals surface area contributed by atoms with Crippen LogP contribution in [-0.4, -0.2) is 29.5 Å². The monoisotopic (exact) mass is 415 g/mol. The number of aryl methyl sites for hydroxylation is 2. The first-order chi connectivity index (χ1) is 13.9. The predicted octanol–water partition coefficient (Wildman–Crippen LogP) is 7.06. The summed E-state index contributed by atoms with van der Waals surface area (Å²) in [6.07, 6.45) is 13.4. The summed E-state index contributed by atoms with van der Waals surface area (Å²) in [5.74, 6) is 0.269. The van der Waals surface area contributed by atoms with Crippen molar-refractivity contribution in [2.45, 2.75) is 91.1 Å². The first-order valence-corrected chi connectivity index (χ1v) is 13.9. The van der Waals surface area contributed by atoms with Gasteiger partial charge < -0.3 is 5.32 Å². The molecule has 0 spiro atoms. The van der Waals surface area contributed by atoms with Crippen LogP contribution < -0.4 is 5.32 Å². The molecule has 1 aromatic carbocycles. The molecule has 4 heteroatoms. The van der Waals surface area contributed by atoms with Crippen LogP contribution in [0.5, 0.6) is 0 Å². The Morgan fingerprint density at radius 1 is 1.00 bits per heavy atom. The number of hydrogen-bond acceptors (Lipinski definition) is 2. The molecule has 0 unspecified atom stereocenters. The fourth-order valence-corrected chi connectivity index (χ4v) is 11.1. The summed E-state index contributed by atoms with van der Waals surface area (Å²) in [4.78, 5) is 13.7. The molecule has 0 bridgehead atoms. The van der Waals surface area contributed by atoms with E-state index in [2.05, 4.69) is 32.2 Å². The zero-order valence-electron chi connectivity index (χ0n) is 19.2. The third-order valence-electron chi connectivity index (χ3n) is 6.77. The van der Waals surface area contributed by atoms with E-state index in [0.717, 1.165) is 29.7 Å². The smallest absolute Gasteiger partial charge is 0.268 e. The van der Waals surface area contributed by atoms with Gasteiger partial charge in [-0.05, 0) is 56.4 Å².